The van der Waals surface area contributed by atoms with Gasteiger partial charge in [-0.25, -0.2) is 10.2 Å². The normalized spacial score (nSPS) is 13.0. The Morgan fingerprint density at radius 3 is 2.09 bits per heavy atom. The minimum Gasteiger partial charge on any atom is -0.445 e. The molecule has 0 unspecified atom stereocenters. The Morgan fingerprint density at radius 2 is 1.51 bits per heavy atom. The maximum Gasteiger partial charge on any atom is 0.408 e. The smallest absolute Gasteiger partial charge is 0.408 e. The zero-order valence-electron chi connectivity index (χ0n) is 21.1. The summed E-state index contributed by atoms with van der Waals surface area (Å²) < 4.78 is 5.31. The Labute approximate surface area is 208 Å². The number of ether oxygens (including phenoxy) is 1. The molecule has 0 spiro atoms. The SMILES string of the molecule is CC(C)/C=N/NC(=O)[C@@H](CC(=O)[C@H](CC(C)C)NC(=O)OCc1ccccc1)Cc1ccccc1. The van der Waals surface area contributed by atoms with Crippen LogP contribution in [0.25, 0.3) is 0 Å². The van der Waals surface area contributed by atoms with Gasteiger partial charge in [0, 0.05) is 12.6 Å². The number of rotatable bonds is 13. The third-order valence-electron chi connectivity index (χ3n) is 5.29. The van der Waals surface area contributed by atoms with Crippen LogP contribution in [0, 0.1) is 17.8 Å². The van der Waals surface area contributed by atoms with Crippen LogP contribution in [0.15, 0.2) is 65.8 Å². The van der Waals surface area contributed by atoms with Crippen molar-refractivity contribution in [1.29, 1.82) is 0 Å². The topological polar surface area (TPSA) is 96.9 Å². The molecule has 0 fully saturated rings. The molecule has 0 aliphatic heterocycles. The highest BCUT2D eigenvalue weighted by molar-refractivity contribution is 5.91. The van der Waals surface area contributed by atoms with E-state index in [0.717, 1.165) is 11.1 Å². The van der Waals surface area contributed by atoms with E-state index in [1.807, 2.05) is 88.4 Å². The number of nitrogens with zero attached hydrogens (tertiary/aromatic N) is 1. The van der Waals surface area contributed by atoms with Crippen molar-refractivity contribution >= 4 is 24.0 Å². The summed E-state index contributed by atoms with van der Waals surface area (Å²) >= 11 is 0. The molecule has 2 atom stereocenters. The average molecular weight is 480 g/mol. The van der Waals surface area contributed by atoms with Crippen LogP contribution in [0.2, 0.25) is 0 Å². The van der Waals surface area contributed by atoms with Gasteiger partial charge < -0.3 is 10.1 Å². The molecule has 0 radical (unpaired) electrons. The van der Waals surface area contributed by atoms with E-state index in [4.69, 9.17) is 4.74 Å². The van der Waals surface area contributed by atoms with Gasteiger partial charge in [-0.3, -0.25) is 9.59 Å². The van der Waals surface area contributed by atoms with Gasteiger partial charge in [-0.05, 0) is 35.8 Å². The number of hydrogen-bond acceptors (Lipinski definition) is 5. The van der Waals surface area contributed by atoms with Gasteiger partial charge in [0.1, 0.15) is 6.61 Å². The summed E-state index contributed by atoms with van der Waals surface area (Å²) in [5.41, 5.74) is 4.37. The van der Waals surface area contributed by atoms with Crippen LogP contribution in [-0.2, 0) is 27.4 Å². The Hall–Kier alpha value is -3.48. The van der Waals surface area contributed by atoms with Crippen LogP contribution in [-0.4, -0.2) is 30.0 Å². The van der Waals surface area contributed by atoms with Gasteiger partial charge in [-0.15, -0.1) is 0 Å². The van der Waals surface area contributed by atoms with Crippen LogP contribution in [0.5, 0.6) is 0 Å². The van der Waals surface area contributed by atoms with E-state index in [0.29, 0.717) is 12.8 Å². The third kappa shape index (κ3) is 11.0. The third-order valence-corrected chi connectivity index (χ3v) is 5.29. The maximum absolute atomic E-state index is 13.3. The van der Waals surface area contributed by atoms with Crippen molar-refractivity contribution in [2.24, 2.45) is 22.9 Å². The first kappa shape index (κ1) is 27.8. The molecule has 0 bridgehead atoms. The fourth-order valence-corrected chi connectivity index (χ4v) is 3.53. The molecule has 35 heavy (non-hydrogen) atoms. The van der Waals surface area contributed by atoms with E-state index in [-0.39, 0.29) is 36.6 Å². The second-order valence-electron chi connectivity index (χ2n) is 9.44. The van der Waals surface area contributed by atoms with E-state index < -0.39 is 18.1 Å². The lowest BCUT2D eigenvalue weighted by Gasteiger charge is -2.22. The second kappa shape index (κ2) is 14.7. The molecule has 2 aromatic rings. The van der Waals surface area contributed by atoms with Crippen molar-refractivity contribution in [2.75, 3.05) is 0 Å². The van der Waals surface area contributed by atoms with Crippen molar-refractivity contribution < 1.29 is 19.1 Å². The first-order valence-electron chi connectivity index (χ1n) is 12.1. The van der Waals surface area contributed by atoms with E-state index in [2.05, 4.69) is 15.8 Å². The first-order chi connectivity index (χ1) is 16.7. The number of hydrogen-bond donors (Lipinski definition) is 2. The molecule has 0 saturated carbocycles. The van der Waals surface area contributed by atoms with E-state index in [1.165, 1.54) is 0 Å². The number of alkyl carbamates (subject to hydrolysis) is 1. The molecule has 2 aromatic carbocycles. The van der Waals surface area contributed by atoms with Crippen molar-refractivity contribution in [3.05, 3.63) is 71.8 Å². The van der Waals surface area contributed by atoms with E-state index in [9.17, 15) is 14.4 Å². The first-order valence-corrected chi connectivity index (χ1v) is 12.1. The van der Waals surface area contributed by atoms with Crippen LogP contribution in [0.3, 0.4) is 0 Å². The van der Waals surface area contributed by atoms with Crippen molar-refractivity contribution in [1.82, 2.24) is 10.7 Å². The predicted molar refractivity (Wildman–Crippen MR) is 138 cm³/mol. The Kier molecular flexibility index (Phi) is 11.7. The largest absolute Gasteiger partial charge is 0.445 e. The van der Waals surface area contributed by atoms with E-state index >= 15 is 0 Å². The number of ketones is 1. The number of carbonyl (C=O) groups excluding carboxylic acids is 3. The van der Waals surface area contributed by atoms with Gasteiger partial charge >= 0.3 is 6.09 Å². The summed E-state index contributed by atoms with van der Waals surface area (Å²) in [6.45, 7) is 7.99. The Morgan fingerprint density at radius 1 is 0.914 bits per heavy atom. The van der Waals surface area contributed by atoms with Crippen molar-refractivity contribution in [2.45, 2.75) is 59.6 Å². The van der Waals surface area contributed by atoms with Gasteiger partial charge in [-0.1, -0.05) is 88.4 Å². The van der Waals surface area contributed by atoms with Crippen LogP contribution >= 0.6 is 0 Å². The molecule has 0 aliphatic carbocycles. The molecule has 0 aromatic heterocycles. The average Bonchev–Trinajstić information content (AvgIpc) is 2.82. The summed E-state index contributed by atoms with van der Waals surface area (Å²) in [4.78, 5) is 38.6. The highest BCUT2D eigenvalue weighted by Crippen LogP contribution is 2.17. The van der Waals surface area contributed by atoms with Crippen molar-refractivity contribution in [3.63, 3.8) is 0 Å². The number of nitrogens with one attached hydrogen (secondary N) is 2. The van der Waals surface area contributed by atoms with Crippen LogP contribution < -0.4 is 10.7 Å². The monoisotopic (exact) mass is 479 g/mol. The molecular formula is C28H37N3O4. The predicted octanol–water partition coefficient (Wildman–Crippen LogP) is 4.90. The fraction of sp³-hybridized carbons (Fsp3) is 0.429. The highest BCUT2D eigenvalue weighted by Gasteiger charge is 2.28. The van der Waals surface area contributed by atoms with Gasteiger partial charge in [-0.2, -0.15) is 5.10 Å². The highest BCUT2D eigenvalue weighted by atomic mass is 16.5. The minimum absolute atomic E-state index is 0.0196. The zero-order valence-corrected chi connectivity index (χ0v) is 21.1. The molecule has 2 rings (SSSR count). The summed E-state index contributed by atoms with van der Waals surface area (Å²) in [7, 11) is 0. The Bertz CT molecular complexity index is 959. The van der Waals surface area contributed by atoms with E-state index in [1.54, 1.807) is 6.21 Å². The van der Waals surface area contributed by atoms with Gasteiger partial charge in [0.25, 0.3) is 0 Å². The molecule has 2 amide bonds. The molecule has 0 saturated heterocycles. The summed E-state index contributed by atoms with van der Waals surface area (Å²) in [6, 6.07) is 18.1. The number of hydrazone groups is 1. The second-order valence-corrected chi connectivity index (χ2v) is 9.44. The summed E-state index contributed by atoms with van der Waals surface area (Å²) in [5, 5.41) is 6.72. The lowest BCUT2D eigenvalue weighted by molar-refractivity contribution is -0.130. The van der Waals surface area contributed by atoms with Crippen LogP contribution in [0.4, 0.5) is 4.79 Å². The molecule has 0 heterocycles. The quantitative estimate of drug-likeness (QED) is 0.315. The summed E-state index contributed by atoms with van der Waals surface area (Å²) in [5.74, 6) is -0.805. The van der Waals surface area contributed by atoms with Gasteiger partial charge in [0.05, 0.1) is 12.0 Å². The molecule has 188 valence electrons. The number of benzene rings is 2. The number of amides is 2. The molecule has 2 N–H and O–H groups in total. The molecule has 7 heteroatoms. The lowest BCUT2D eigenvalue weighted by Crippen LogP contribution is -2.43. The number of carbonyl (C=O) groups is 3. The zero-order chi connectivity index (χ0) is 25.6. The lowest BCUT2D eigenvalue weighted by atomic mass is 9.89. The van der Waals surface area contributed by atoms with Crippen molar-refractivity contribution in [3.8, 4) is 0 Å². The minimum atomic E-state index is -0.747. The molecule has 0 aliphatic rings. The number of Topliss-reactive ketones (excluding diaryl/α,β-unsaturated/α-hetero) is 1. The Balaban J connectivity index is 2.08. The fourth-order valence-electron chi connectivity index (χ4n) is 3.53. The molecule has 7 nitrogen and oxygen atoms in total. The summed E-state index contributed by atoms with van der Waals surface area (Å²) in [6.07, 6.45) is 1.81. The van der Waals surface area contributed by atoms with Gasteiger partial charge in [0.15, 0.2) is 5.78 Å². The maximum atomic E-state index is 13.3. The molecular weight excluding hydrogens is 442 g/mol. The van der Waals surface area contributed by atoms with Gasteiger partial charge in [0.2, 0.25) is 5.91 Å². The standard InChI is InChI=1S/C28H37N3O4/c1-20(2)15-25(30-28(34)35-19-23-13-9-6-10-14-23)26(32)17-24(16-22-11-7-5-8-12-22)27(33)31-29-18-21(3)4/h5-14,18,20-21,24-25H,15-17,19H2,1-4H3,(H,30,34)(H,31,33)/b29-18+/t24-,25+/m1/s1. The van der Waals surface area contributed by atoms with Crippen LogP contribution in [0.1, 0.15) is 51.7 Å².